The fourth-order valence-electron chi connectivity index (χ4n) is 16.7. The van der Waals surface area contributed by atoms with Crippen LogP contribution >= 0.6 is 0 Å². The van der Waals surface area contributed by atoms with E-state index in [-0.39, 0.29) is 16.6 Å². The molecule has 135 heavy (non-hydrogen) atoms. The number of rotatable bonds is 13. The van der Waals surface area contributed by atoms with Gasteiger partial charge in [0, 0.05) is 162 Å². The van der Waals surface area contributed by atoms with Crippen LogP contribution in [0.5, 0.6) is 0 Å². The monoisotopic (exact) mass is 1810 g/mol. The molecule has 0 amide bonds. The number of fused-ring (bicyclic) bond motifs is 18. The zero-order valence-corrected chi connectivity index (χ0v) is 74.3. The molecule has 12 aromatic carbocycles. The maximum absolute atomic E-state index is 12.3. The van der Waals surface area contributed by atoms with Crippen molar-refractivity contribution in [2.24, 2.45) is 0 Å². The van der Waals surface area contributed by atoms with Gasteiger partial charge < -0.3 is 52.0 Å². The lowest BCUT2D eigenvalue weighted by Gasteiger charge is -2.21. The first-order valence-corrected chi connectivity index (χ1v) is 44.5. The van der Waals surface area contributed by atoms with Crippen LogP contribution in [0.4, 0.5) is 45.5 Å². The van der Waals surface area contributed by atoms with Gasteiger partial charge in [-0.2, -0.15) is 0 Å². The Bertz CT molecular complexity index is 7780. The number of nitrogens with two attached hydrogens (primary N) is 5. The lowest BCUT2D eigenvalue weighted by molar-refractivity contribution is -2.00. The molecule has 13 N–H and O–H groups in total. The summed E-state index contributed by atoms with van der Waals surface area (Å²) in [5, 5.41) is 34.4. The van der Waals surface area contributed by atoms with E-state index in [0.29, 0.717) is 68.3 Å². The number of nitrogens with zero attached hydrogens (tertiary/aromatic N) is 9. The van der Waals surface area contributed by atoms with E-state index in [9.17, 15) is 14.9 Å². The molecule has 0 saturated heterocycles. The van der Waals surface area contributed by atoms with E-state index in [2.05, 4.69) is 152 Å². The molecule has 27 nitrogen and oxygen atoms in total. The van der Waals surface area contributed by atoms with Crippen molar-refractivity contribution in [3.8, 4) is 67.4 Å². The number of para-hydroxylation sites is 4. The number of non-ortho nitro benzene ring substituents is 1. The second-order valence-electron chi connectivity index (χ2n) is 31.3. The molecule has 6 aliphatic rings. The normalized spacial score (nSPS) is 11.6. The van der Waals surface area contributed by atoms with Crippen molar-refractivity contribution in [3.63, 3.8) is 0 Å². The highest BCUT2D eigenvalue weighted by Gasteiger charge is 2.26. The first kappa shape index (κ1) is 89.6. The largest absolute Gasteiger partial charge is 0.453 e. The zero-order valence-electron chi connectivity index (χ0n) is 73.5. The summed E-state index contributed by atoms with van der Waals surface area (Å²) in [4.78, 5) is 52.6. The highest BCUT2D eigenvalue weighted by molar-refractivity contribution is 6.05. The van der Waals surface area contributed by atoms with E-state index < -0.39 is 15.2 Å². The maximum atomic E-state index is 12.3. The van der Waals surface area contributed by atoms with Crippen molar-refractivity contribution in [1.82, 2.24) is 40.2 Å². The number of nitro groups is 1. The Balaban J connectivity index is 0.000000127. The van der Waals surface area contributed by atoms with Crippen LogP contribution in [-0.2, 0) is 6.54 Å². The Morgan fingerprint density at radius 3 is 1.30 bits per heavy atom. The number of aromatic nitrogens is 8. The SMILES string of the molecule is CC=[N+](CC)c1ccc2nc3c4ccccc4c(=[NH2+])cc-3oc2c1.CCN(CC)c1ccc2nc3c4ccccc4c(=O)cc-3oc2c1.Nc1ccccc1-c1c2nc(c(-c3ccccc3N)c3ccc([nH]3)c(-c3ccccc3N)c3nc(c(-c4ccccc4N)c4ccc1[nH]4)C=C3)C=C2.O=[N+]([O-])c1ccc(NCc2ccccc2)c2nonc12.[O-][Cl+3]([O-])([O-])[O-].c1ccc2ccccc2c1. The molecule has 0 fully saturated rings. The van der Waals surface area contributed by atoms with E-state index in [4.69, 9.17) is 75.8 Å². The van der Waals surface area contributed by atoms with Crippen LogP contribution in [0.3, 0.4) is 0 Å². The van der Waals surface area contributed by atoms with Gasteiger partial charge in [0.2, 0.25) is 16.6 Å². The number of nitrogens with one attached hydrogen (secondary N) is 3. The highest BCUT2D eigenvalue weighted by Crippen LogP contribution is 2.44. The van der Waals surface area contributed by atoms with Crippen LogP contribution in [0.2, 0.25) is 0 Å². The van der Waals surface area contributed by atoms with Gasteiger partial charge >= 0.3 is 5.69 Å². The molecule has 668 valence electrons. The molecule has 0 unspecified atom stereocenters. The van der Waals surface area contributed by atoms with Gasteiger partial charge in [0.1, 0.15) is 35.2 Å². The molecule has 2 aliphatic carbocycles. The summed E-state index contributed by atoms with van der Waals surface area (Å²) in [6.45, 7) is 11.7. The molecule has 8 bridgehead atoms. The van der Waals surface area contributed by atoms with Crippen molar-refractivity contribution in [2.75, 3.05) is 52.8 Å². The molecule has 16 aromatic rings. The molecule has 4 aliphatic heterocycles. The van der Waals surface area contributed by atoms with Gasteiger partial charge in [-0.25, -0.2) is 47.8 Å². The van der Waals surface area contributed by atoms with Gasteiger partial charge in [0.25, 0.3) is 0 Å². The standard InChI is InChI=1S/C44H34N8.C20H18N3O.C20H18N2O2.C13H10N4O3.C10H8.ClHO4/c45-29-13-5-1-9-25(29)41-33-17-19-35(49-33)42(26-10-2-6-14-30(26)46)37-21-23-39(51-37)44(28-12-4-8-16-32(28)48)40-24-22-38(52-40)43(36-20-18-34(41)50-36)27-11-3-7-15-31(27)47;1-3-23(4-2)13-9-10-17-18(11-13)24-19-12-16(21)14-7-5-6-8-15(14)20(19)22-17;1-3-22(4-2)13-9-10-16-18(11-13)24-19-12-17(23)14-7-5-6-8-15(14)20(19)21-16;18-17(19)11-7-6-10(12-13(11)16-20-15-12)14-8-9-4-2-1-3-5-9;1-2-6-10-8-4-3-7-9(10)5-1;2-1(3,4)5/h1-24,49,52H,45-48H2;3,5-12,21H,4H2,1-2H3;5-12H,3-4H2,1-2H3;1-7,14H,8H2;1-8H;(H,2,3,4,5)/q;+1;;;;. The molecule has 4 aromatic heterocycles. The highest BCUT2D eigenvalue weighted by atomic mass is 35.7. The summed E-state index contributed by atoms with van der Waals surface area (Å²) >= 11 is 0. The van der Waals surface area contributed by atoms with Crippen LogP contribution in [0, 0.1) is 20.4 Å². The van der Waals surface area contributed by atoms with Crippen molar-refractivity contribution < 1.29 is 57.3 Å². The summed E-state index contributed by atoms with van der Waals surface area (Å²) in [6, 6.07) is 100. The Kier molecular flexibility index (Phi) is 26.3. The van der Waals surface area contributed by atoms with Gasteiger partial charge in [-0.15, -0.1) is 10.2 Å². The minimum absolute atomic E-state index is 0.0390. The number of nitro benzene ring substituents is 1. The summed E-state index contributed by atoms with van der Waals surface area (Å²) < 4.78 is 52.9. The number of benzene rings is 14. The molecule has 8 heterocycles. The van der Waals surface area contributed by atoms with Crippen LogP contribution < -0.4 is 68.0 Å². The van der Waals surface area contributed by atoms with Crippen molar-refractivity contribution in [2.45, 2.75) is 34.2 Å². The molecule has 0 saturated carbocycles. The molecule has 28 heteroatoms. The number of anilines is 6. The second-order valence-corrected chi connectivity index (χ2v) is 32.1. The fourth-order valence-corrected chi connectivity index (χ4v) is 16.7. The van der Waals surface area contributed by atoms with Crippen LogP contribution in [0.15, 0.2) is 328 Å². The Morgan fingerprint density at radius 2 is 0.852 bits per heavy atom. The molecule has 0 spiro atoms. The summed E-state index contributed by atoms with van der Waals surface area (Å²) in [5.41, 5.74) is 51.4. The number of halogens is 1. The maximum Gasteiger partial charge on any atom is 0.300 e. The molecule has 0 atom stereocenters. The fraction of sp³-hybridized carbons (Fsp3) is 0.0748. The van der Waals surface area contributed by atoms with Crippen LogP contribution in [-0.4, -0.2) is 75.6 Å². The molecule has 0 radical (unpaired) electrons. The Morgan fingerprint density at radius 1 is 0.452 bits per heavy atom. The van der Waals surface area contributed by atoms with Gasteiger partial charge in [-0.05, 0) is 151 Å². The van der Waals surface area contributed by atoms with Crippen molar-refractivity contribution in [3.05, 3.63) is 363 Å². The molecule has 22 rings (SSSR count). The second kappa shape index (κ2) is 39.5. The lowest BCUT2D eigenvalue weighted by Crippen LogP contribution is -2.68. The number of aromatic amines is 2. The van der Waals surface area contributed by atoms with Crippen LogP contribution in [0.1, 0.15) is 56.0 Å². The topological polar surface area (TPSA) is 449 Å². The summed E-state index contributed by atoms with van der Waals surface area (Å²) in [7, 11) is -4.94. The third-order valence-electron chi connectivity index (χ3n) is 23.1. The van der Waals surface area contributed by atoms with Gasteiger partial charge in [0.15, 0.2) is 33.6 Å². The number of hydrogen-bond acceptors (Lipinski definition) is 22. The van der Waals surface area contributed by atoms with Crippen molar-refractivity contribution in [1.29, 1.82) is 0 Å². The summed E-state index contributed by atoms with van der Waals surface area (Å²) in [5.74, 6) is 1.24. The Hall–Kier alpha value is -17.3. The smallest absolute Gasteiger partial charge is 0.300 e. The van der Waals surface area contributed by atoms with Gasteiger partial charge in [-0.3, -0.25) is 20.3 Å². The van der Waals surface area contributed by atoms with Gasteiger partial charge in [-0.1, -0.05) is 194 Å². The first-order chi connectivity index (χ1) is 65.6. The number of H-pyrrole nitrogens is 2. The Labute approximate surface area is 774 Å². The van der Waals surface area contributed by atoms with Crippen molar-refractivity contribution >= 4 is 164 Å². The minimum atomic E-state index is -4.94. The third kappa shape index (κ3) is 19.5. The first-order valence-electron chi connectivity index (χ1n) is 43.3. The predicted octanol–water partition coefficient (Wildman–Crippen LogP) is 17.3. The minimum Gasteiger partial charge on any atom is -0.453 e. The van der Waals surface area contributed by atoms with Crippen LogP contribution in [0.25, 0.3) is 179 Å². The average Bonchev–Trinajstić information content (AvgIpc) is 1.67. The number of nitrogen functional groups attached to an aromatic ring is 4. The molecular formula is C107H89ClN17O10+. The predicted molar refractivity (Wildman–Crippen MR) is 528 cm³/mol. The summed E-state index contributed by atoms with van der Waals surface area (Å²) in [6.07, 6.45) is 10.2. The van der Waals surface area contributed by atoms with Gasteiger partial charge in [0.05, 0.1) is 50.9 Å². The number of hydrogen-bond donors (Lipinski definition) is 8. The van der Waals surface area contributed by atoms with E-state index >= 15 is 0 Å². The molecular weight excluding hydrogens is 1720 g/mol. The van der Waals surface area contributed by atoms with E-state index in [1.54, 1.807) is 6.07 Å². The van der Waals surface area contributed by atoms with E-state index in [0.717, 1.165) is 170 Å². The zero-order chi connectivity index (χ0) is 94.0. The average molecular weight is 1810 g/mol. The third-order valence-corrected chi connectivity index (χ3v) is 23.1. The lowest BCUT2D eigenvalue weighted by atomic mass is 10.0. The van der Waals surface area contributed by atoms with E-state index in [1.165, 1.54) is 22.9 Å². The quantitative estimate of drug-likeness (QED) is 0.0101. The van der Waals surface area contributed by atoms with E-state index in [1.807, 2.05) is 237 Å².